The van der Waals surface area contributed by atoms with E-state index in [9.17, 15) is 22.4 Å². The molecule has 0 unspecified atom stereocenters. The van der Waals surface area contributed by atoms with Crippen LogP contribution in [-0.2, 0) is 26.3 Å². The van der Waals surface area contributed by atoms with Crippen molar-refractivity contribution < 1.29 is 22.4 Å². The molecule has 10 heteroatoms. The standard InChI is InChI=1S/C26H37FN4O4S/c1-8-23(25(33)28-26(3,4)5)30(17-20-11-9-19(2)10-12-20)24(32)18-31(36(34,35)29(6)7)22-15-13-21(27)14-16-22/h9-16,23H,8,17-18H2,1-7H3,(H,28,33)/t23-/m0/s1. The van der Waals surface area contributed by atoms with Gasteiger partial charge in [0.1, 0.15) is 18.4 Å². The fourth-order valence-electron chi connectivity index (χ4n) is 3.59. The minimum atomic E-state index is -4.10. The van der Waals surface area contributed by atoms with Crippen LogP contribution in [0.2, 0.25) is 0 Å². The average Bonchev–Trinajstić information content (AvgIpc) is 2.77. The number of aryl methyl sites for hydroxylation is 1. The number of carbonyl (C=O) groups is 2. The topological polar surface area (TPSA) is 90.0 Å². The molecule has 2 rings (SSSR count). The molecule has 2 aromatic rings. The maximum absolute atomic E-state index is 13.8. The SMILES string of the molecule is CC[C@@H](C(=O)NC(C)(C)C)N(Cc1ccc(C)cc1)C(=O)CN(c1ccc(F)cc1)S(=O)(=O)N(C)C. The summed E-state index contributed by atoms with van der Waals surface area (Å²) in [6.45, 7) is 8.87. The molecule has 0 aliphatic rings. The van der Waals surface area contributed by atoms with Crippen molar-refractivity contribution in [1.29, 1.82) is 0 Å². The van der Waals surface area contributed by atoms with Gasteiger partial charge in [-0.3, -0.25) is 9.59 Å². The number of benzene rings is 2. The van der Waals surface area contributed by atoms with E-state index in [1.807, 2.05) is 52.0 Å². The largest absolute Gasteiger partial charge is 0.350 e. The highest BCUT2D eigenvalue weighted by Gasteiger charge is 2.34. The molecule has 0 heterocycles. The van der Waals surface area contributed by atoms with Crippen molar-refractivity contribution in [3.63, 3.8) is 0 Å². The van der Waals surface area contributed by atoms with Crippen LogP contribution in [-0.4, -0.2) is 61.7 Å². The Balaban J connectivity index is 2.50. The molecular formula is C26H37FN4O4S. The first-order chi connectivity index (χ1) is 16.7. The third kappa shape index (κ3) is 7.76. The van der Waals surface area contributed by atoms with Crippen LogP contribution >= 0.6 is 0 Å². The van der Waals surface area contributed by atoms with Crippen LogP contribution in [0.25, 0.3) is 0 Å². The number of hydrogen-bond acceptors (Lipinski definition) is 4. The third-order valence-corrected chi connectivity index (χ3v) is 7.31. The maximum Gasteiger partial charge on any atom is 0.304 e. The molecule has 36 heavy (non-hydrogen) atoms. The van der Waals surface area contributed by atoms with E-state index < -0.39 is 40.1 Å². The van der Waals surface area contributed by atoms with Gasteiger partial charge in [-0.05, 0) is 63.9 Å². The van der Waals surface area contributed by atoms with Crippen LogP contribution in [0.1, 0.15) is 45.2 Å². The van der Waals surface area contributed by atoms with Gasteiger partial charge in [0.05, 0.1) is 5.69 Å². The third-order valence-electron chi connectivity index (χ3n) is 5.49. The highest BCUT2D eigenvalue weighted by molar-refractivity contribution is 7.90. The molecule has 8 nitrogen and oxygen atoms in total. The first-order valence-electron chi connectivity index (χ1n) is 11.8. The van der Waals surface area contributed by atoms with Gasteiger partial charge < -0.3 is 10.2 Å². The van der Waals surface area contributed by atoms with Crippen LogP contribution in [0, 0.1) is 12.7 Å². The summed E-state index contributed by atoms with van der Waals surface area (Å²) in [5.41, 5.74) is 1.48. The predicted octanol–water partition coefficient (Wildman–Crippen LogP) is 3.47. The van der Waals surface area contributed by atoms with E-state index in [1.54, 1.807) is 6.92 Å². The zero-order chi connectivity index (χ0) is 27.3. The Morgan fingerprint density at radius 3 is 2.03 bits per heavy atom. The van der Waals surface area contributed by atoms with Crippen molar-refractivity contribution in [1.82, 2.24) is 14.5 Å². The average molecular weight is 521 g/mol. The van der Waals surface area contributed by atoms with Crippen LogP contribution in [0.5, 0.6) is 0 Å². The first-order valence-corrected chi connectivity index (χ1v) is 13.2. The molecule has 2 amide bonds. The highest BCUT2D eigenvalue weighted by Crippen LogP contribution is 2.22. The van der Waals surface area contributed by atoms with E-state index in [4.69, 9.17) is 0 Å². The summed E-state index contributed by atoms with van der Waals surface area (Å²) in [5, 5.41) is 2.93. The molecule has 0 saturated heterocycles. The summed E-state index contributed by atoms with van der Waals surface area (Å²) in [6.07, 6.45) is 0.330. The predicted molar refractivity (Wildman–Crippen MR) is 140 cm³/mol. The molecule has 1 N–H and O–H groups in total. The van der Waals surface area contributed by atoms with E-state index in [1.165, 1.54) is 31.1 Å². The van der Waals surface area contributed by atoms with Crippen molar-refractivity contribution in [3.8, 4) is 0 Å². The number of rotatable bonds is 10. The lowest BCUT2D eigenvalue weighted by molar-refractivity contribution is -0.141. The molecule has 0 saturated carbocycles. The Morgan fingerprint density at radius 2 is 1.56 bits per heavy atom. The first kappa shape index (κ1) is 29.3. The van der Waals surface area contributed by atoms with E-state index in [0.717, 1.165) is 31.9 Å². The lowest BCUT2D eigenvalue weighted by Crippen LogP contribution is -2.55. The molecule has 0 spiro atoms. The molecule has 0 radical (unpaired) electrons. The monoisotopic (exact) mass is 520 g/mol. The number of anilines is 1. The minimum absolute atomic E-state index is 0.119. The second-order valence-corrected chi connectivity index (χ2v) is 12.0. The molecule has 2 aromatic carbocycles. The Bertz CT molecular complexity index is 1140. The fraction of sp³-hybridized carbons (Fsp3) is 0.462. The van der Waals surface area contributed by atoms with Gasteiger partial charge in [0.2, 0.25) is 11.8 Å². The highest BCUT2D eigenvalue weighted by atomic mass is 32.2. The molecule has 0 aliphatic carbocycles. The van der Waals surface area contributed by atoms with E-state index in [2.05, 4.69) is 5.32 Å². The maximum atomic E-state index is 13.8. The summed E-state index contributed by atoms with van der Waals surface area (Å²) in [4.78, 5) is 28.4. The Morgan fingerprint density at radius 1 is 1.00 bits per heavy atom. The van der Waals surface area contributed by atoms with Crippen LogP contribution < -0.4 is 9.62 Å². The summed E-state index contributed by atoms with van der Waals surface area (Å²) in [6, 6.07) is 11.6. The van der Waals surface area contributed by atoms with Gasteiger partial charge >= 0.3 is 10.2 Å². The van der Waals surface area contributed by atoms with Gasteiger partial charge in [0.25, 0.3) is 0 Å². The second kappa shape index (κ2) is 11.8. The summed E-state index contributed by atoms with van der Waals surface area (Å²) >= 11 is 0. The summed E-state index contributed by atoms with van der Waals surface area (Å²) in [7, 11) is -1.39. The molecule has 0 fully saturated rings. The number of nitrogens with one attached hydrogen (secondary N) is 1. The zero-order valence-corrected chi connectivity index (χ0v) is 22.9. The summed E-state index contributed by atoms with van der Waals surface area (Å²) < 4.78 is 41.7. The van der Waals surface area contributed by atoms with Crippen molar-refractivity contribution in [2.75, 3.05) is 24.9 Å². The van der Waals surface area contributed by atoms with Crippen molar-refractivity contribution >= 4 is 27.7 Å². The van der Waals surface area contributed by atoms with Gasteiger partial charge in [-0.15, -0.1) is 0 Å². The van der Waals surface area contributed by atoms with Gasteiger partial charge in [-0.2, -0.15) is 12.7 Å². The molecule has 0 aliphatic heterocycles. The van der Waals surface area contributed by atoms with Gasteiger partial charge in [-0.1, -0.05) is 36.8 Å². The molecule has 1 atom stereocenters. The summed E-state index contributed by atoms with van der Waals surface area (Å²) in [5.74, 6) is -1.41. The molecule has 0 aromatic heterocycles. The molecule has 0 bridgehead atoms. The van der Waals surface area contributed by atoms with Crippen molar-refractivity contribution in [3.05, 3.63) is 65.5 Å². The van der Waals surface area contributed by atoms with Gasteiger partial charge in [-0.25, -0.2) is 8.70 Å². The van der Waals surface area contributed by atoms with Gasteiger partial charge in [0, 0.05) is 26.2 Å². The van der Waals surface area contributed by atoms with E-state index in [-0.39, 0.29) is 18.1 Å². The lowest BCUT2D eigenvalue weighted by Gasteiger charge is -2.35. The number of carbonyl (C=O) groups excluding carboxylic acids is 2. The van der Waals surface area contributed by atoms with Gasteiger partial charge in [0.15, 0.2) is 0 Å². The Kier molecular flexibility index (Phi) is 9.62. The molecule has 198 valence electrons. The number of amides is 2. The van der Waals surface area contributed by atoms with Crippen LogP contribution in [0.3, 0.4) is 0 Å². The quantitative estimate of drug-likeness (QED) is 0.520. The van der Waals surface area contributed by atoms with E-state index in [0.29, 0.717) is 6.42 Å². The smallest absolute Gasteiger partial charge is 0.304 e. The second-order valence-electron chi connectivity index (χ2n) is 9.94. The minimum Gasteiger partial charge on any atom is -0.350 e. The number of nitrogens with zero attached hydrogens (tertiary/aromatic N) is 3. The fourth-order valence-corrected chi connectivity index (χ4v) is 4.64. The Labute approximate surface area is 214 Å². The molecular weight excluding hydrogens is 483 g/mol. The lowest BCUT2D eigenvalue weighted by atomic mass is 10.1. The van der Waals surface area contributed by atoms with Crippen molar-refractivity contribution in [2.45, 2.75) is 59.2 Å². The normalized spacial score (nSPS) is 12.8. The van der Waals surface area contributed by atoms with Crippen LogP contribution in [0.4, 0.5) is 10.1 Å². The number of hydrogen-bond donors (Lipinski definition) is 1. The van der Waals surface area contributed by atoms with E-state index >= 15 is 0 Å². The van der Waals surface area contributed by atoms with Crippen LogP contribution in [0.15, 0.2) is 48.5 Å². The van der Waals surface area contributed by atoms with Crippen molar-refractivity contribution in [2.24, 2.45) is 0 Å². The zero-order valence-electron chi connectivity index (χ0n) is 22.1. The Hall–Kier alpha value is -2.98. The number of halogens is 1.